The maximum Gasteiger partial charge on any atom is 0.0328 e. The first kappa shape index (κ1) is 15.9. The van der Waals surface area contributed by atoms with Gasteiger partial charge in [-0.25, -0.2) is 0 Å². The van der Waals surface area contributed by atoms with Crippen LogP contribution in [0, 0.1) is 11.8 Å². The van der Waals surface area contributed by atoms with Crippen LogP contribution in [0.4, 0.5) is 0 Å². The summed E-state index contributed by atoms with van der Waals surface area (Å²) in [6.07, 6.45) is 2.30. The fourth-order valence-corrected chi connectivity index (χ4v) is 4.03. The highest BCUT2D eigenvalue weighted by molar-refractivity contribution is 6.23. The quantitative estimate of drug-likeness (QED) is 0.240. The minimum absolute atomic E-state index is 1.07. The molecule has 5 aromatic rings. The van der Waals surface area contributed by atoms with Crippen molar-refractivity contribution in [2.24, 2.45) is 0 Å². The van der Waals surface area contributed by atoms with Crippen molar-refractivity contribution in [2.45, 2.75) is 19.8 Å². The Bertz CT molecular complexity index is 1300. The first-order valence-electron chi connectivity index (χ1n) is 9.61. The lowest BCUT2D eigenvalue weighted by Crippen LogP contribution is -1.87. The van der Waals surface area contributed by atoms with Crippen molar-refractivity contribution in [1.82, 2.24) is 0 Å². The monoisotopic (exact) mass is 344 g/mol. The van der Waals surface area contributed by atoms with Gasteiger partial charge in [0.05, 0.1) is 0 Å². The van der Waals surface area contributed by atoms with Crippen LogP contribution in [0.1, 0.15) is 30.0 Å². The molecule has 0 spiro atoms. The molecule has 0 saturated carbocycles. The first-order valence-corrected chi connectivity index (χ1v) is 9.61. The fourth-order valence-electron chi connectivity index (χ4n) is 4.03. The van der Waals surface area contributed by atoms with E-state index in [1.54, 1.807) is 0 Å². The van der Waals surface area contributed by atoms with Gasteiger partial charge < -0.3 is 0 Å². The predicted octanol–water partition coefficient (Wildman–Crippen LogP) is 6.94. The van der Waals surface area contributed by atoms with Gasteiger partial charge in [-0.05, 0) is 62.5 Å². The van der Waals surface area contributed by atoms with E-state index in [4.69, 9.17) is 0 Å². The molecule has 0 heteroatoms. The summed E-state index contributed by atoms with van der Waals surface area (Å²) in [5.74, 6) is 6.77. The Morgan fingerprint density at radius 3 is 2.04 bits per heavy atom. The van der Waals surface area contributed by atoms with E-state index in [9.17, 15) is 0 Å². The molecule has 0 aliphatic carbocycles. The molecule has 0 aliphatic rings. The molecule has 0 amide bonds. The highest BCUT2D eigenvalue weighted by Gasteiger charge is 2.09. The SMILES string of the molecule is CCCc1ccc(C#Cc2ccc3ccc4cccc5ccc2c3c45)cc1. The van der Waals surface area contributed by atoms with Gasteiger partial charge in [0.15, 0.2) is 0 Å². The molecule has 0 saturated heterocycles. The van der Waals surface area contributed by atoms with Crippen molar-refractivity contribution < 1.29 is 0 Å². The molecule has 0 unspecified atom stereocenters. The third kappa shape index (κ3) is 2.73. The number of benzene rings is 5. The average molecular weight is 344 g/mol. The lowest BCUT2D eigenvalue weighted by molar-refractivity contribution is 0.922. The van der Waals surface area contributed by atoms with Gasteiger partial charge in [0.1, 0.15) is 0 Å². The van der Waals surface area contributed by atoms with E-state index >= 15 is 0 Å². The van der Waals surface area contributed by atoms with E-state index in [1.165, 1.54) is 44.3 Å². The zero-order chi connectivity index (χ0) is 18.2. The van der Waals surface area contributed by atoms with Crippen LogP contribution < -0.4 is 0 Å². The van der Waals surface area contributed by atoms with Gasteiger partial charge in [-0.3, -0.25) is 0 Å². The Morgan fingerprint density at radius 1 is 0.630 bits per heavy atom. The van der Waals surface area contributed by atoms with E-state index in [-0.39, 0.29) is 0 Å². The van der Waals surface area contributed by atoms with Crippen molar-refractivity contribution in [1.29, 1.82) is 0 Å². The largest absolute Gasteiger partial charge is 0.0651 e. The molecular formula is C27H20. The number of rotatable bonds is 2. The normalized spacial score (nSPS) is 11.1. The summed E-state index contributed by atoms with van der Waals surface area (Å²) in [7, 11) is 0. The lowest BCUT2D eigenvalue weighted by atomic mass is 9.92. The molecule has 0 radical (unpaired) electrons. The maximum atomic E-state index is 3.42. The number of hydrogen-bond donors (Lipinski definition) is 0. The molecule has 27 heavy (non-hydrogen) atoms. The maximum absolute atomic E-state index is 3.42. The van der Waals surface area contributed by atoms with Crippen LogP contribution >= 0.6 is 0 Å². The topological polar surface area (TPSA) is 0 Å². The Kier molecular flexibility index (Phi) is 3.80. The summed E-state index contributed by atoms with van der Waals surface area (Å²) in [4.78, 5) is 0. The Hall–Kier alpha value is -3.30. The van der Waals surface area contributed by atoms with Gasteiger partial charge in [-0.1, -0.05) is 85.8 Å². The molecule has 0 aliphatic heterocycles. The molecule has 0 heterocycles. The Morgan fingerprint density at radius 2 is 1.30 bits per heavy atom. The van der Waals surface area contributed by atoms with Crippen LogP contribution in [0.2, 0.25) is 0 Å². The molecular weight excluding hydrogens is 324 g/mol. The summed E-state index contributed by atoms with van der Waals surface area (Å²) in [5.41, 5.74) is 3.55. The third-order valence-corrected chi connectivity index (χ3v) is 5.36. The van der Waals surface area contributed by atoms with Crippen molar-refractivity contribution >= 4 is 32.3 Å². The molecule has 0 atom stereocenters. The van der Waals surface area contributed by atoms with Crippen molar-refractivity contribution in [2.75, 3.05) is 0 Å². The van der Waals surface area contributed by atoms with Crippen LogP contribution in [-0.2, 0) is 6.42 Å². The van der Waals surface area contributed by atoms with Crippen LogP contribution in [0.3, 0.4) is 0 Å². The van der Waals surface area contributed by atoms with Gasteiger partial charge in [0.2, 0.25) is 0 Å². The van der Waals surface area contributed by atoms with E-state index in [2.05, 4.69) is 97.6 Å². The highest BCUT2D eigenvalue weighted by atomic mass is 14.1. The average Bonchev–Trinajstić information content (AvgIpc) is 2.72. The molecule has 0 bridgehead atoms. The zero-order valence-electron chi connectivity index (χ0n) is 15.4. The third-order valence-electron chi connectivity index (χ3n) is 5.36. The van der Waals surface area contributed by atoms with Gasteiger partial charge in [0, 0.05) is 11.1 Å². The summed E-state index contributed by atoms with van der Waals surface area (Å²) in [5, 5.41) is 7.79. The molecule has 0 fully saturated rings. The number of aryl methyl sites for hydroxylation is 1. The van der Waals surface area contributed by atoms with Crippen LogP contribution in [0.25, 0.3) is 32.3 Å². The second-order valence-corrected chi connectivity index (χ2v) is 7.17. The summed E-state index contributed by atoms with van der Waals surface area (Å²) in [6, 6.07) is 28.4. The minimum Gasteiger partial charge on any atom is -0.0651 e. The Balaban J connectivity index is 1.66. The van der Waals surface area contributed by atoms with Gasteiger partial charge in [0.25, 0.3) is 0 Å². The smallest absolute Gasteiger partial charge is 0.0328 e. The van der Waals surface area contributed by atoms with Crippen molar-refractivity contribution in [3.8, 4) is 11.8 Å². The van der Waals surface area contributed by atoms with E-state index in [0.717, 1.165) is 17.5 Å². The van der Waals surface area contributed by atoms with Gasteiger partial charge in [-0.2, -0.15) is 0 Å². The standard InChI is InChI=1S/C27H20/c1-2-4-19-7-9-20(10-8-19)11-12-21-13-14-24-16-15-22-5-3-6-23-17-18-25(21)27(24)26(22)23/h3,5-10,13-18H,2,4H2,1H3. The van der Waals surface area contributed by atoms with E-state index in [1.807, 2.05) is 0 Å². The molecule has 5 rings (SSSR count). The summed E-state index contributed by atoms with van der Waals surface area (Å²) < 4.78 is 0. The van der Waals surface area contributed by atoms with Crippen molar-refractivity contribution in [3.63, 3.8) is 0 Å². The van der Waals surface area contributed by atoms with Crippen molar-refractivity contribution in [3.05, 3.63) is 95.6 Å². The number of hydrogen-bond acceptors (Lipinski definition) is 0. The molecule has 128 valence electrons. The lowest BCUT2D eigenvalue weighted by Gasteiger charge is -2.11. The zero-order valence-corrected chi connectivity index (χ0v) is 15.4. The van der Waals surface area contributed by atoms with Crippen LogP contribution in [0.5, 0.6) is 0 Å². The Labute approximate surface area is 159 Å². The van der Waals surface area contributed by atoms with Crippen LogP contribution in [-0.4, -0.2) is 0 Å². The van der Waals surface area contributed by atoms with Crippen LogP contribution in [0.15, 0.2) is 78.9 Å². The molecule has 0 aromatic heterocycles. The second-order valence-electron chi connectivity index (χ2n) is 7.17. The highest BCUT2D eigenvalue weighted by Crippen LogP contribution is 2.35. The summed E-state index contributed by atoms with van der Waals surface area (Å²) >= 11 is 0. The molecule has 0 N–H and O–H groups in total. The van der Waals surface area contributed by atoms with Gasteiger partial charge >= 0.3 is 0 Å². The fraction of sp³-hybridized carbons (Fsp3) is 0.111. The van der Waals surface area contributed by atoms with Gasteiger partial charge in [-0.15, -0.1) is 0 Å². The molecule has 0 nitrogen and oxygen atoms in total. The first-order chi connectivity index (χ1) is 13.3. The minimum atomic E-state index is 1.07. The summed E-state index contributed by atoms with van der Waals surface area (Å²) in [6.45, 7) is 2.21. The second kappa shape index (κ2) is 6.45. The van der Waals surface area contributed by atoms with E-state index in [0.29, 0.717) is 0 Å². The molecule has 5 aromatic carbocycles. The van der Waals surface area contributed by atoms with E-state index < -0.39 is 0 Å². The predicted molar refractivity (Wildman–Crippen MR) is 117 cm³/mol.